The molecule has 0 bridgehead atoms. The molecule has 0 N–H and O–H groups in total. The number of aromatic nitrogens is 2. The van der Waals surface area contributed by atoms with Gasteiger partial charge in [0.15, 0.2) is 0 Å². The molecular formula is C23H23Cl2N3O2S2. The van der Waals surface area contributed by atoms with Crippen molar-refractivity contribution in [2.24, 2.45) is 0 Å². The number of benzene rings is 1. The van der Waals surface area contributed by atoms with Crippen LogP contribution in [0.1, 0.15) is 24.8 Å². The molecule has 9 heteroatoms. The SMILES string of the molecule is Cl.O=C1SC(=CCCc2ccccc2Cl)C(=O)N1CCCCSc1cccc2nccn12. The highest BCUT2D eigenvalue weighted by molar-refractivity contribution is 8.18. The van der Waals surface area contributed by atoms with Crippen molar-refractivity contribution in [3.05, 3.63) is 76.4 Å². The van der Waals surface area contributed by atoms with Gasteiger partial charge in [-0.15, -0.1) is 24.2 Å². The lowest BCUT2D eigenvalue weighted by Crippen LogP contribution is -2.29. The Morgan fingerprint density at radius 2 is 1.94 bits per heavy atom. The Balaban J connectivity index is 0.00000289. The molecule has 3 heterocycles. The van der Waals surface area contributed by atoms with Crippen LogP contribution in [0.4, 0.5) is 4.79 Å². The van der Waals surface area contributed by atoms with E-state index in [4.69, 9.17) is 11.6 Å². The number of nitrogens with zero attached hydrogens (tertiary/aromatic N) is 3. The van der Waals surface area contributed by atoms with Crippen LogP contribution in [0.5, 0.6) is 0 Å². The number of halogens is 2. The van der Waals surface area contributed by atoms with Crippen LogP contribution >= 0.6 is 47.5 Å². The molecule has 1 aliphatic heterocycles. The third kappa shape index (κ3) is 5.90. The number of rotatable bonds is 9. The predicted octanol–water partition coefficient (Wildman–Crippen LogP) is 6.49. The molecule has 2 aromatic heterocycles. The van der Waals surface area contributed by atoms with Gasteiger partial charge in [0.05, 0.1) is 9.93 Å². The number of amides is 2. The first kappa shape index (κ1) is 24.7. The van der Waals surface area contributed by atoms with Gasteiger partial charge in [0.2, 0.25) is 0 Å². The minimum Gasteiger partial charge on any atom is -0.294 e. The first-order chi connectivity index (χ1) is 15.1. The van der Waals surface area contributed by atoms with Crippen molar-refractivity contribution in [2.75, 3.05) is 12.3 Å². The highest BCUT2D eigenvalue weighted by Crippen LogP contribution is 2.31. The summed E-state index contributed by atoms with van der Waals surface area (Å²) in [6.07, 6.45) is 8.73. The van der Waals surface area contributed by atoms with Crippen molar-refractivity contribution in [1.29, 1.82) is 0 Å². The zero-order chi connectivity index (χ0) is 21.6. The van der Waals surface area contributed by atoms with Gasteiger partial charge < -0.3 is 0 Å². The van der Waals surface area contributed by atoms with E-state index in [9.17, 15) is 9.59 Å². The van der Waals surface area contributed by atoms with Gasteiger partial charge in [0.25, 0.3) is 11.1 Å². The first-order valence-corrected chi connectivity index (χ1v) is 12.3. The van der Waals surface area contributed by atoms with Gasteiger partial charge in [-0.3, -0.25) is 18.9 Å². The summed E-state index contributed by atoms with van der Waals surface area (Å²) in [4.78, 5) is 31.1. The second kappa shape index (κ2) is 11.8. The van der Waals surface area contributed by atoms with Crippen LogP contribution < -0.4 is 0 Å². The lowest BCUT2D eigenvalue weighted by Gasteiger charge is -2.12. The summed E-state index contributed by atoms with van der Waals surface area (Å²) in [5.41, 5.74) is 1.98. The maximum Gasteiger partial charge on any atom is 0.293 e. The molecule has 5 nitrogen and oxygen atoms in total. The van der Waals surface area contributed by atoms with Crippen molar-refractivity contribution in [3.63, 3.8) is 0 Å². The van der Waals surface area contributed by atoms with Gasteiger partial charge in [-0.1, -0.05) is 41.9 Å². The van der Waals surface area contributed by atoms with E-state index in [2.05, 4.69) is 15.5 Å². The van der Waals surface area contributed by atoms with Crippen LogP contribution in [-0.2, 0) is 11.2 Å². The highest BCUT2D eigenvalue weighted by Gasteiger charge is 2.34. The Morgan fingerprint density at radius 1 is 1.09 bits per heavy atom. The number of pyridine rings is 1. The lowest BCUT2D eigenvalue weighted by molar-refractivity contribution is -0.122. The number of hydrogen-bond donors (Lipinski definition) is 0. The highest BCUT2D eigenvalue weighted by atomic mass is 35.5. The van der Waals surface area contributed by atoms with Gasteiger partial charge in [0.1, 0.15) is 5.65 Å². The molecule has 3 aromatic rings. The van der Waals surface area contributed by atoms with Crippen molar-refractivity contribution in [3.8, 4) is 0 Å². The van der Waals surface area contributed by atoms with Crippen LogP contribution in [-0.4, -0.2) is 37.7 Å². The summed E-state index contributed by atoms with van der Waals surface area (Å²) in [7, 11) is 0. The molecular weight excluding hydrogens is 485 g/mol. The average molecular weight is 508 g/mol. The number of imide groups is 1. The van der Waals surface area contributed by atoms with Crippen molar-refractivity contribution in [1.82, 2.24) is 14.3 Å². The van der Waals surface area contributed by atoms with E-state index in [-0.39, 0.29) is 23.6 Å². The predicted molar refractivity (Wildman–Crippen MR) is 135 cm³/mol. The Labute approximate surface area is 207 Å². The fourth-order valence-corrected chi connectivity index (χ4v) is 5.51. The third-order valence-electron chi connectivity index (χ3n) is 4.99. The van der Waals surface area contributed by atoms with E-state index >= 15 is 0 Å². The van der Waals surface area contributed by atoms with E-state index < -0.39 is 0 Å². The molecule has 0 saturated carbocycles. The third-order valence-corrected chi connectivity index (χ3v) is 7.44. The van der Waals surface area contributed by atoms with E-state index in [1.807, 2.05) is 48.7 Å². The second-order valence-corrected chi connectivity index (χ2v) is 9.61. The summed E-state index contributed by atoms with van der Waals surface area (Å²) in [5.74, 6) is 0.742. The normalized spacial score (nSPS) is 15.0. The molecule has 1 aliphatic rings. The van der Waals surface area contributed by atoms with Crippen LogP contribution in [0.15, 0.2) is 70.9 Å². The molecule has 1 fully saturated rings. The van der Waals surface area contributed by atoms with Gasteiger partial charge in [-0.25, -0.2) is 4.98 Å². The number of unbranched alkanes of at least 4 members (excludes halogenated alkanes) is 1. The van der Waals surface area contributed by atoms with Gasteiger partial charge in [0, 0.05) is 24.0 Å². The Bertz CT molecular complexity index is 1130. The molecule has 0 atom stereocenters. The molecule has 4 rings (SSSR count). The van der Waals surface area contributed by atoms with Crippen molar-refractivity contribution >= 4 is 64.3 Å². The summed E-state index contributed by atoms with van der Waals surface area (Å²) in [6, 6.07) is 13.7. The molecule has 32 heavy (non-hydrogen) atoms. The fourth-order valence-electron chi connectivity index (χ4n) is 3.38. The maximum atomic E-state index is 12.6. The standard InChI is InChI=1S/C23H22ClN3O2S2.ClH/c24-18-9-2-1-7-17(18)8-5-10-19-22(28)27(23(29)31-19)14-3-4-16-30-21-12-6-11-20-25-13-15-26(20)21;/h1-2,6-7,9-13,15H,3-5,8,14,16H2;1H. The largest absolute Gasteiger partial charge is 0.294 e. The number of allylic oxidation sites excluding steroid dienone is 1. The van der Waals surface area contributed by atoms with E-state index in [1.165, 1.54) is 4.90 Å². The number of thioether (sulfide) groups is 2. The second-order valence-electron chi connectivity index (χ2n) is 7.10. The molecule has 0 aliphatic carbocycles. The van der Waals surface area contributed by atoms with E-state index in [1.54, 1.807) is 18.0 Å². The minimum absolute atomic E-state index is 0. The number of carbonyl (C=O) groups is 2. The molecule has 0 radical (unpaired) electrons. The number of carbonyl (C=O) groups excluding carboxylic acids is 2. The Hall–Kier alpha value is -1.93. The number of aryl methyl sites for hydroxylation is 1. The topological polar surface area (TPSA) is 54.7 Å². The molecule has 0 unspecified atom stereocenters. The molecule has 1 saturated heterocycles. The Morgan fingerprint density at radius 3 is 2.78 bits per heavy atom. The number of hydrogen-bond acceptors (Lipinski definition) is 5. The summed E-state index contributed by atoms with van der Waals surface area (Å²) < 4.78 is 2.06. The summed E-state index contributed by atoms with van der Waals surface area (Å²) in [6.45, 7) is 0.461. The molecule has 0 spiro atoms. The smallest absolute Gasteiger partial charge is 0.293 e. The zero-order valence-electron chi connectivity index (χ0n) is 17.3. The summed E-state index contributed by atoms with van der Waals surface area (Å²) in [5, 5.41) is 1.69. The number of imidazole rings is 1. The molecule has 168 valence electrons. The summed E-state index contributed by atoms with van der Waals surface area (Å²) >= 11 is 8.97. The average Bonchev–Trinajstić information content (AvgIpc) is 3.35. The van der Waals surface area contributed by atoms with Gasteiger partial charge >= 0.3 is 0 Å². The molecule has 1 aromatic carbocycles. The Kier molecular flexibility index (Phi) is 9.11. The van der Waals surface area contributed by atoms with E-state index in [0.717, 1.165) is 58.0 Å². The van der Waals surface area contributed by atoms with Crippen molar-refractivity contribution < 1.29 is 9.59 Å². The lowest BCUT2D eigenvalue weighted by atomic mass is 10.1. The first-order valence-electron chi connectivity index (χ1n) is 10.2. The van der Waals surface area contributed by atoms with Crippen LogP contribution in [0, 0.1) is 0 Å². The fraction of sp³-hybridized carbons (Fsp3) is 0.261. The van der Waals surface area contributed by atoms with E-state index in [0.29, 0.717) is 17.9 Å². The van der Waals surface area contributed by atoms with Crippen LogP contribution in [0.2, 0.25) is 5.02 Å². The van der Waals surface area contributed by atoms with Crippen LogP contribution in [0.3, 0.4) is 0 Å². The zero-order valence-corrected chi connectivity index (χ0v) is 20.5. The van der Waals surface area contributed by atoms with Gasteiger partial charge in [-0.05, 0) is 67.0 Å². The number of fused-ring (bicyclic) bond motifs is 1. The van der Waals surface area contributed by atoms with Crippen molar-refractivity contribution in [2.45, 2.75) is 30.7 Å². The monoisotopic (exact) mass is 507 g/mol. The molecule has 2 amide bonds. The minimum atomic E-state index is -0.176. The van der Waals surface area contributed by atoms with Gasteiger partial charge in [-0.2, -0.15) is 0 Å². The quantitative estimate of drug-likeness (QED) is 0.188. The van der Waals surface area contributed by atoms with Crippen LogP contribution in [0.25, 0.3) is 5.65 Å². The maximum absolute atomic E-state index is 12.6.